The van der Waals surface area contributed by atoms with Crippen molar-refractivity contribution in [3.05, 3.63) is 75.0 Å². The Morgan fingerprint density at radius 2 is 1.28 bits per heavy atom. The molecule has 0 fully saturated rings. The van der Waals surface area contributed by atoms with Crippen molar-refractivity contribution in [2.75, 3.05) is 0 Å². The number of pyridine rings is 2. The molecule has 2 heterocycles. The lowest BCUT2D eigenvalue weighted by atomic mass is 10.1. The number of para-hydroxylation sites is 1. The zero-order valence-corrected chi connectivity index (χ0v) is 13.9. The molecule has 2 aromatic heterocycles. The van der Waals surface area contributed by atoms with Crippen LogP contribution in [0, 0.1) is 0 Å². The molecule has 25 heavy (non-hydrogen) atoms. The van der Waals surface area contributed by atoms with Crippen molar-refractivity contribution in [3.8, 4) is 0 Å². The largest absolute Gasteiger partial charge is 0.354 e. The Morgan fingerprint density at radius 1 is 0.640 bits per heavy atom. The molecule has 5 aromatic rings. The lowest BCUT2D eigenvalue weighted by Crippen LogP contribution is -2.08. The molecule has 0 aliphatic carbocycles. The third-order valence-electron chi connectivity index (χ3n) is 4.63. The van der Waals surface area contributed by atoms with E-state index in [2.05, 4.69) is 22.6 Å². The van der Waals surface area contributed by atoms with E-state index in [1.54, 1.807) is 24.3 Å². The molecule has 0 saturated heterocycles. The second kappa shape index (κ2) is 4.97. The van der Waals surface area contributed by atoms with Crippen LogP contribution in [0.3, 0.4) is 0 Å². The fourth-order valence-electron chi connectivity index (χ4n) is 3.43. The fourth-order valence-corrected chi connectivity index (χ4v) is 3.73. The summed E-state index contributed by atoms with van der Waals surface area (Å²) in [5, 5.41) is 2.28. The fraction of sp³-hybridized carbons (Fsp3) is 0. The molecule has 0 spiro atoms. The van der Waals surface area contributed by atoms with Crippen LogP contribution < -0.4 is 10.9 Å². The van der Waals surface area contributed by atoms with Crippen LogP contribution in [0.4, 0.5) is 0 Å². The molecule has 0 saturated carbocycles. The normalized spacial score (nSPS) is 11.7. The number of fused-ring (bicyclic) bond motifs is 4. The molecule has 0 aliphatic rings. The minimum Gasteiger partial charge on any atom is -0.354 e. The third-order valence-corrected chi connectivity index (χ3v) is 5.00. The second-order valence-electron chi connectivity index (χ2n) is 6.10. The minimum atomic E-state index is -0.0924. The van der Waals surface area contributed by atoms with Crippen molar-refractivity contribution in [2.24, 2.45) is 0 Å². The van der Waals surface area contributed by atoms with E-state index in [9.17, 15) is 9.59 Å². The maximum atomic E-state index is 12.9. The first-order chi connectivity index (χ1) is 12.1. The zero-order chi connectivity index (χ0) is 17.1. The number of H-pyrrole nitrogens is 2. The predicted molar refractivity (Wildman–Crippen MR) is 105 cm³/mol. The topological polar surface area (TPSA) is 65.7 Å². The van der Waals surface area contributed by atoms with Crippen LogP contribution in [0.1, 0.15) is 0 Å². The number of hydrogen-bond acceptors (Lipinski definition) is 3. The van der Waals surface area contributed by atoms with Gasteiger partial charge in [0.1, 0.15) is 0 Å². The third kappa shape index (κ3) is 1.96. The highest BCUT2D eigenvalue weighted by atomic mass is 32.1. The number of hydrogen-bond donors (Lipinski definition) is 3. The zero-order valence-electron chi connectivity index (χ0n) is 13.0. The molecule has 0 radical (unpaired) electrons. The van der Waals surface area contributed by atoms with Crippen LogP contribution in [-0.2, 0) is 0 Å². The van der Waals surface area contributed by atoms with Gasteiger partial charge in [0.2, 0.25) is 0 Å². The number of thiol groups is 1. The van der Waals surface area contributed by atoms with Crippen LogP contribution in [0.25, 0.3) is 43.6 Å². The van der Waals surface area contributed by atoms with Gasteiger partial charge in [-0.05, 0) is 36.4 Å². The van der Waals surface area contributed by atoms with Crippen molar-refractivity contribution in [1.29, 1.82) is 0 Å². The summed E-state index contributed by atoms with van der Waals surface area (Å²) in [4.78, 5) is 32.9. The summed E-state index contributed by atoms with van der Waals surface area (Å²) >= 11 is 4.41. The summed E-state index contributed by atoms with van der Waals surface area (Å²) < 4.78 is 0. The van der Waals surface area contributed by atoms with Gasteiger partial charge in [0, 0.05) is 26.6 Å². The van der Waals surface area contributed by atoms with E-state index in [-0.39, 0.29) is 10.9 Å². The minimum absolute atomic E-state index is 0.0462. The molecule has 0 atom stereocenters. The summed E-state index contributed by atoms with van der Waals surface area (Å²) in [6.45, 7) is 0. The van der Waals surface area contributed by atoms with Crippen molar-refractivity contribution >= 4 is 56.2 Å². The van der Waals surface area contributed by atoms with Crippen molar-refractivity contribution < 1.29 is 0 Å². The van der Waals surface area contributed by atoms with Crippen LogP contribution in [0.15, 0.2) is 69.1 Å². The highest BCUT2D eigenvalue weighted by Gasteiger charge is 2.11. The number of aromatic nitrogens is 2. The Bertz CT molecular complexity index is 1450. The number of nitrogens with one attached hydrogen (secondary N) is 2. The Morgan fingerprint density at radius 3 is 2.08 bits per heavy atom. The predicted octanol–water partition coefficient (Wildman–Crippen LogP) is 3.96. The molecule has 0 bridgehead atoms. The van der Waals surface area contributed by atoms with Gasteiger partial charge >= 0.3 is 0 Å². The van der Waals surface area contributed by atoms with Crippen LogP contribution >= 0.6 is 12.6 Å². The Kier molecular flexibility index (Phi) is 2.85. The number of aromatic amines is 2. The Hall–Kier alpha value is -3.05. The monoisotopic (exact) mass is 344 g/mol. The molecule has 120 valence electrons. The molecule has 0 unspecified atom stereocenters. The summed E-state index contributed by atoms with van der Waals surface area (Å²) in [6.07, 6.45) is 0. The van der Waals surface area contributed by atoms with Crippen LogP contribution in [0.5, 0.6) is 0 Å². The summed E-state index contributed by atoms with van der Waals surface area (Å²) in [5.74, 6) is 0. The first kappa shape index (κ1) is 14.3. The Labute approximate surface area is 146 Å². The van der Waals surface area contributed by atoms with Crippen molar-refractivity contribution in [2.45, 2.75) is 4.90 Å². The molecule has 0 amide bonds. The van der Waals surface area contributed by atoms with Gasteiger partial charge < -0.3 is 9.97 Å². The average molecular weight is 344 g/mol. The van der Waals surface area contributed by atoms with Gasteiger partial charge in [0.15, 0.2) is 10.9 Å². The van der Waals surface area contributed by atoms with Gasteiger partial charge in [0.05, 0.1) is 21.9 Å². The van der Waals surface area contributed by atoms with E-state index in [1.807, 2.05) is 30.3 Å². The molecule has 4 nitrogen and oxygen atoms in total. The van der Waals surface area contributed by atoms with Crippen LogP contribution in [0.2, 0.25) is 0 Å². The lowest BCUT2D eigenvalue weighted by Gasteiger charge is -2.07. The summed E-state index contributed by atoms with van der Waals surface area (Å²) in [6, 6.07) is 16.3. The molecular weight excluding hydrogens is 332 g/mol. The van der Waals surface area contributed by atoms with Crippen molar-refractivity contribution in [1.82, 2.24) is 9.97 Å². The molecule has 2 N–H and O–H groups in total. The molecule has 5 heteroatoms. The summed E-state index contributed by atoms with van der Waals surface area (Å²) in [7, 11) is 0. The van der Waals surface area contributed by atoms with E-state index in [0.29, 0.717) is 43.0 Å². The SMILES string of the molecule is O=c1c2ccccc2[nH]c2cc3c(=O)c4c(S)cccc4[nH]c3cc12. The standard InChI is InChI=1S/C20H12N2O2S/c23-19-10-4-1-2-5-13(10)21-15-9-12-16(8-11(15)19)22-14-6-3-7-17(25)18(14)20(12)24/h1-9,25H,(H,21,23)(H,22,24). The van der Waals surface area contributed by atoms with Crippen molar-refractivity contribution in [3.63, 3.8) is 0 Å². The average Bonchev–Trinajstić information content (AvgIpc) is 2.61. The van der Waals surface area contributed by atoms with Gasteiger partial charge in [-0.2, -0.15) is 0 Å². The van der Waals surface area contributed by atoms with Gasteiger partial charge in [0.25, 0.3) is 0 Å². The highest BCUT2D eigenvalue weighted by molar-refractivity contribution is 7.80. The lowest BCUT2D eigenvalue weighted by molar-refractivity contribution is 1.43. The van der Waals surface area contributed by atoms with Gasteiger partial charge in [-0.1, -0.05) is 18.2 Å². The van der Waals surface area contributed by atoms with E-state index >= 15 is 0 Å². The first-order valence-corrected chi connectivity index (χ1v) is 8.31. The maximum absolute atomic E-state index is 12.9. The molecule has 5 rings (SSSR count). The molecular formula is C20H12N2O2S. The smallest absolute Gasteiger partial charge is 0.198 e. The van der Waals surface area contributed by atoms with Crippen LogP contribution in [-0.4, -0.2) is 9.97 Å². The molecule has 3 aromatic carbocycles. The first-order valence-electron chi connectivity index (χ1n) is 7.86. The Balaban J connectivity index is 2.05. The van der Waals surface area contributed by atoms with Gasteiger partial charge in [-0.25, -0.2) is 0 Å². The van der Waals surface area contributed by atoms with E-state index < -0.39 is 0 Å². The number of benzene rings is 3. The maximum Gasteiger partial charge on any atom is 0.198 e. The quantitative estimate of drug-likeness (QED) is 0.294. The van der Waals surface area contributed by atoms with Gasteiger partial charge in [-0.15, -0.1) is 12.6 Å². The molecule has 0 aliphatic heterocycles. The second-order valence-corrected chi connectivity index (χ2v) is 6.58. The summed E-state index contributed by atoms with van der Waals surface area (Å²) in [5.41, 5.74) is 2.62. The van der Waals surface area contributed by atoms with E-state index in [4.69, 9.17) is 0 Å². The van der Waals surface area contributed by atoms with E-state index in [0.717, 1.165) is 5.52 Å². The number of rotatable bonds is 0. The van der Waals surface area contributed by atoms with Gasteiger partial charge in [-0.3, -0.25) is 9.59 Å². The van der Waals surface area contributed by atoms with E-state index in [1.165, 1.54) is 0 Å². The highest BCUT2D eigenvalue weighted by Crippen LogP contribution is 2.23.